The zero-order valence-electron chi connectivity index (χ0n) is 15.1. The predicted octanol–water partition coefficient (Wildman–Crippen LogP) is 2.76. The molecule has 1 aliphatic heterocycles. The van der Waals surface area contributed by atoms with E-state index in [4.69, 9.17) is 0 Å². The molecule has 7 nitrogen and oxygen atoms in total. The van der Waals surface area contributed by atoms with Crippen LogP contribution in [0.2, 0.25) is 0 Å². The van der Waals surface area contributed by atoms with E-state index in [1.54, 1.807) is 27.2 Å². The first-order chi connectivity index (χ1) is 13.5. The molecule has 0 aliphatic carbocycles. The molecular weight excluding hydrogens is 394 g/mol. The molecule has 28 heavy (non-hydrogen) atoms. The van der Waals surface area contributed by atoms with Gasteiger partial charge in [-0.2, -0.15) is 18.2 Å². The molecule has 4 aromatic rings. The molecule has 5 rings (SSSR count). The lowest BCUT2D eigenvalue weighted by molar-refractivity contribution is 0.372. The third kappa shape index (κ3) is 2.74. The molecule has 142 valence electrons. The molecule has 0 fully saturated rings. The van der Waals surface area contributed by atoms with Crippen molar-refractivity contribution in [2.24, 2.45) is 7.05 Å². The number of sulfonamides is 1. The van der Waals surface area contributed by atoms with Gasteiger partial charge in [0.2, 0.25) is 10.0 Å². The normalized spacial score (nSPS) is 17.7. The topological polar surface area (TPSA) is 81.0 Å². The Balaban J connectivity index is 1.62. The van der Waals surface area contributed by atoms with E-state index in [0.717, 1.165) is 28.4 Å². The van der Waals surface area contributed by atoms with Crippen LogP contribution in [0.3, 0.4) is 0 Å². The number of aromatic nitrogens is 4. The Morgan fingerprint density at radius 1 is 1.11 bits per heavy atom. The van der Waals surface area contributed by atoms with Crippen LogP contribution in [-0.4, -0.2) is 37.8 Å². The smallest absolute Gasteiger partial charge is 0.245 e. The summed E-state index contributed by atoms with van der Waals surface area (Å²) < 4.78 is 38.7. The van der Waals surface area contributed by atoms with Crippen molar-refractivity contribution in [1.82, 2.24) is 22.8 Å². The molecule has 0 saturated heterocycles. The second-order valence-electron chi connectivity index (χ2n) is 6.88. The van der Waals surface area contributed by atoms with Crippen molar-refractivity contribution >= 4 is 32.8 Å². The van der Waals surface area contributed by atoms with Gasteiger partial charge in [0, 0.05) is 32.3 Å². The van der Waals surface area contributed by atoms with Gasteiger partial charge in [0.1, 0.15) is 15.9 Å². The Hall–Kier alpha value is -2.62. The van der Waals surface area contributed by atoms with E-state index in [2.05, 4.69) is 19.9 Å². The summed E-state index contributed by atoms with van der Waals surface area (Å²) in [4.78, 5) is 0.211. The zero-order valence-corrected chi connectivity index (χ0v) is 16.7. The summed E-state index contributed by atoms with van der Waals surface area (Å²) in [5.74, 6) is -0.0683. The number of nitrogens with zero attached hydrogens (tertiary/aromatic N) is 5. The summed E-state index contributed by atoms with van der Waals surface area (Å²) in [5, 5.41) is 4.28. The van der Waals surface area contributed by atoms with Crippen LogP contribution in [0, 0.1) is 0 Å². The number of hydrogen-bond acceptors (Lipinski definition) is 6. The fourth-order valence-electron chi connectivity index (χ4n) is 3.79. The number of hydrogen-bond donors (Lipinski definition) is 0. The van der Waals surface area contributed by atoms with Crippen molar-refractivity contribution < 1.29 is 8.42 Å². The van der Waals surface area contributed by atoms with E-state index in [-0.39, 0.29) is 10.8 Å². The maximum atomic E-state index is 13.5. The van der Waals surface area contributed by atoms with Crippen LogP contribution in [-0.2, 0) is 23.6 Å². The van der Waals surface area contributed by atoms with Gasteiger partial charge in [-0.1, -0.05) is 30.3 Å². The molecule has 1 aliphatic rings. The summed E-state index contributed by atoms with van der Waals surface area (Å²) in [6.45, 7) is 0.697. The highest BCUT2D eigenvalue weighted by Gasteiger charge is 2.35. The van der Waals surface area contributed by atoms with Crippen molar-refractivity contribution in [3.63, 3.8) is 0 Å². The number of fused-ring (bicyclic) bond motifs is 2. The van der Waals surface area contributed by atoms with Crippen molar-refractivity contribution in [1.29, 1.82) is 0 Å². The summed E-state index contributed by atoms with van der Waals surface area (Å²) >= 11 is 1.02. The fourth-order valence-corrected chi connectivity index (χ4v) is 5.98. The summed E-state index contributed by atoms with van der Waals surface area (Å²) in [6.07, 6.45) is 3.76. The van der Waals surface area contributed by atoms with Gasteiger partial charge < -0.3 is 0 Å². The number of aryl methyl sites for hydroxylation is 1. The molecule has 0 bridgehead atoms. The van der Waals surface area contributed by atoms with Crippen LogP contribution in [0.15, 0.2) is 59.8 Å². The lowest BCUT2D eigenvalue weighted by Crippen LogP contribution is -2.38. The molecular formula is C19H17N5O2S2. The van der Waals surface area contributed by atoms with Gasteiger partial charge in [-0.25, -0.2) is 8.42 Å². The molecule has 3 heterocycles. The number of rotatable bonds is 3. The van der Waals surface area contributed by atoms with E-state index in [1.807, 2.05) is 37.6 Å². The largest absolute Gasteiger partial charge is 0.276 e. The summed E-state index contributed by atoms with van der Waals surface area (Å²) in [6, 6.07) is 13.1. The Morgan fingerprint density at radius 2 is 1.96 bits per heavy atom. The fraction of sp³-hybridized carbons (Fsp3) is 0.211. The van der Waals surface area contributed by atoms with Gasteiger partial charge in [0.15, 0.2) is 0 Å². The average molecular weight is 412 g/mol. The van der Waals surface area contributed by atoms with Crippen LogP contribution in [0.25, 0.3) is 11.0 Å². The minimum absolute atomic E-state index is 0.0683. The molecule has 0 N–H and O–H groups in total. The Morgan fingerprint density at radius 3 is 2.79 bits per heavy atom. The van der Waals surface area contributed by atoms with Crippen molar-refractivity contribution in [2.45, 2.75) is 17.4 Å². The van der Waals surface area contributed by atoms with Crippen LogP contribution in [0.5, 0.6) is 0 Å². The maximum Gasteiger partial charge on any atom is 0.245 e. The van der Waals surface area contributed by atoms with Crippen molar-refractivity contribution in [2.75, 3.05) is 6.54 Å². The zero-order chi connectivity index (χ0) is 19.3. The third-order valence-electron chi connectivity index (χ3n) is 5.16. The van der Waals surface area contributed by atoms with Gasteiger partial charge in [-0.3, -0.25) is 4.68 Å². The lowest BCUT2D eigenvalue weighted by Gasteiger charge is -2.33. The summed E-state index contributed by atoms with van der Waals surface area (Å²) in [7, 11) is -1.86. The first-order valence-electron chi connectivity index (χ1n) is 8.82. The molecule has 2 aromatic heterocycles. The van der Waals surface area contributed by atoms with Crippen LogP contribution in [0.1, 0.15) is 22.6 Å². The van der Waals surface area contributed by atoms with Crippen molar-refractivity contribution in [3.05, 3.63) is 71.5 Å². The monoisotopic (exact) mass is 411 g/mol. The van der Waals surface area contributed by atoms with E-state index in [9.17, 15) is 8.42 Å². The molecule has 1 unspecified atom stereocenters. The molecule has 9 heteroatoms. The van der Waals surface area contributed by atoms with E-state index < -0.39 is 10.0 Å². The standard InChI is InChI=1S/C19H17N5O2S2/c1-23-10-14(9-20-23)16-12-24(11-13-5-2-3-6-15(13)16)28(25,26)18-8-4-7-17-19(18)22-27-21-17/h2-10,16H,11-12H2,1H3. The summed E-state index contributed by atoms with van der Waals surface area (Å²) in [5.41, 5.74) is 4.20. The number of benzene rings is 2. The minimum atomic E-state index is -3.73. The maximum absolute atomic E-state index is 13.5. The van der Waals surface area contributed by atoms with Gasteiger partial charge in [0.25, 0.3) is 0 Å². The van der Waals surface area contributed by atoms with Crippen LogP contribution in [0.4, 0.5) is 0 Å². The Kier molecular flexibility index (Phi) is 4.04. The second-order valence-corrected chi connectivity index (χ2v) is 9.32. The molecule has 0 amide bonds. The first kappa shape index (κ1) is 17.5. The molecule has 2 aromatic carbocycles. The SMILES string of the molecule is Cn1cc(C2CN(S(=O)(=O)c3cccc4nsnc34)Cc3ccccc32)cn1. The Bertz CT molecular complexity index is 1280. The highest BCUT2D eigenvalue weighted by atomic mass is 32.2. The lowest BCUT2D eigenvalue weighted by atomic mass is 9.87. The van der Waals surface area contributed by atoms with Crippen LogP contribution >= 0.6 is 11.7 Å². The van der Waals surface area contributed by atoms with E-state index in [1.165, 1.54) is 0 Å². The van der Waals surface area contributed by atoms with Gasteiger partial charge in [-0.05, 0) is 28.8 Å². The van der Waals surface area contributed by atoms with Crippen molar-refractivity contribution in [3.8, 4) is 0 Å². The highest BCUT2D eigenvalue weighted by molar-refractivity contribution is 7.89. The Labute approximate surface area is 166 Å². The van der Waals surface area contributed by atoms with E-state index >= 15 is 0 Å². The molecule has 0 radical (unpaired) electrons. The quantitative estimate of drug-likeness (QED) is 0.518. The van der Waals surface area contributed by atoms with Gasteiger partial charge in [0.05, 0.1) is 17.9 Å². The van der Waals surface area contributed by atoms with Crippen LogP contribution < -0.4 is 0 Å². The predicted molar refractivity (Wildman–Crippen MR) is 107 cm³/mol. The van der Waals surface area contributed by atoms with Gasteiger partial charge >= 0.3 is 0 Å². The second kappa shape index (κ2) is 6.47. The molecule has 0 spiro atoms. The highest BCUT2D eigenvalue weighted by Crippen LogP contribution is 2.36. The average Bonchev–Trinajstić information content (AvgIpc) is 3.35. The molecule has 1 atom stereocenters. The van der Waals surface area contributed by atoms with E-state index in [0.29, 0.717) is 24.1 Å². The minimum Gasteiger partial charge on any atom is -0.276 e. The van der Waals surface area contributed by atoms with Gasteiger partial charge in [-0.15, -0.1) is 0 Å². The molecule has 0 saturated carbocycles. The third-order valence-corrected chi connectivity index (χ3v) is 7.54. The first-order valence-corrected chi connectivity index (χ1v) is 11.0.